The Balaban J connectivity index is 1.48. The van der Waals surface area contributed by atoms with Crippen molar-refractivity contribution in [3.63, 3.8) is 0 Å². The highest BCUT2D eigenvalue weighted by molar-refractivity contribution is 5.74. The molecule has 1 aliphatic carbocycles. The lowest BCUT2D eigenvalue weighted by molar-refractivity contribution is 0.0898. The molecule has 0 radical (unpaired) electrons. The normalized spacial score (nSPS) is 21.5. The van der Waals surface area contributed by atoms with Crippen molar-refractivity contribution in [2.75, 3.05) is 26.2 Å². The Kier molecular flexibility index (Phi) is 5.72. The van der Waals surface area contributed by atoms with Gasteiger partial charge in [-0.25, -0.2) is 4.79 Å². The second kappa shape index (κ2) is 7.97. The van der Waals surface area contributed by atoms with Crippen molar-refractivity contribution in [3.05, 3.63) is 29.6 Å². The zero-order valence-corrected chi connectivity index (χ0v) is 15.0. The molecule has 1 N–H and O–H groups in total. The summed E-state index contributed by atoms with van der Waals surface area (Å²) in [6.45, 7) is 7.65. The van der Waals surface area contributed by atoms with Gasteiger partial charge in [-0.3, -0.25) is 9.88 Å². The van der Waals surface area contributed by atoms with Crippen molar-refractivity contribution < 1.29 is 4.79 Å². The summed E-state index contributed by atoms with van der Waals surface area (Å²) in [4.78, 5) is 21.6. The van der Waals surface area contributed by atoms with E-state index < -0.39 is 0 Å². The van der Waals surface area contributed by atoms with Gasteiger partial charge in [-0.1, -0.05) is 25.3 Å². The molecule has 5 nitrogen and oxygen atoms in total. The fourth-order valence-electron chi connectivity index (χ4n) is 3.89. The maximum atomic E-state index is 12.5. The third kappa shape index (κ3) is 4.26. The number of amides is 2. The first-order valence-corrected chi connectivity index (χ1v) is 9.36. The van der Waals surface area contributed by atoms with E-state index in [4.69, 9.17) is 0 Å². The van der Waals surface area contributed by atoms with Gasteiger partial charge in [0.25, 0.3) is 0 Å². The lowest BCUT2D eigenvalue weighted by Gasteiger charge is -2.40. The van der Waals surface area contributed by atoms with Crippen LogP contribution in [0.3, 0.4) is 0 Å². The van der Waals surface area contributed by atoms with Crippen molar-refractivity contribution in [1.82, 2.24) is 20.1 Å². The molecule has 1 aromatic heterocycles. The van der Waals surface area contributed by atoms with Gasteiger partial charge in [-0.2, -0.15) is 0 Å². The van der Waals surface area contributed by atoms with Gasteiger partial charge in [0.1, 0.15) is 0 Å². The molecule has 1 aromatic rings. The van der Waals surface area contributed by atoms with E-state index in [-0.39, 0.29) is 12.1 Å². The highest BCUT2D eigenvalue weighted by Gasteiger charge is 2.27. The Labute approximate surface area is 145 Å². The number of pyridine rings is 1. The molecular weight excluding hydrogens is 300 g/mol. The zero-order valence-electron chi connectivity index (χ0n) is 15.0. The summed E-state index contributed by atoms with van der Waals surface area (Å²) >= 11 is 0. The van der Waals surface area contributed by atoms with E-state index in [1.54, 1.807) is 0 Å². The number of piperazine rings is 1. The third-order valence-corrected chi connectivity index (χ3v) is 5.39. The number of hydrogen-bond donors (Lipinski definition) is 1. The smallest absolute Gasteiger partial charge is 0.318 e. The van der Waals surface area contributed by atoms with Crippen LogP contribution in [0.2, 0.25) is 0 Å². The van der Waals surface area contributed by atoms with E-state index in [1.165, 1.54) is 32.1 Å². The van der Waals surface area contributed by atoms with Crippen molar-refractivity contribution >= 4 is 6.03 Å². The van der Waals surface area contributed by atoms with Crippen LogP contribution in [0.4, 0.5) is 4.79 Å². The van der Waals surface area contributed by atoms with Gasteiger partial charge in [-0.05, 0) is 38.8 Å². The number of hydrogen-bond acceptors (Lipinski definition) is 3. The molecule has 1 aliphatic heterocycles. The molecule has 0 unspecified atom stereocenters. The van der Waals surface area contributed by atoms with Gasteiger partial charge in [0.05, 0.1) is 11.7 Å². The summed E-state index contributed by atoms with van der Waals surface area (Å²) in [5, 5.41) is 3.09. The van der Waals surface area contributed by atoms with Gasteiger partial charge in [0, 0.05) is 37.9 Å². The minimum Gasteiger partial charge on any atom is -0.330 e. The van der Waals surface area contributed by atoms with Crippen LogP contribution in [0.1, 0.15) is 56.5 Å². The van der Waals surface area contributed by atoms with Crippen LogP contribution in [0.5, 0.6) is 0 Å². The monoisotopic (exact) mass is 330 g/mol. The average Bonchev–Trinajstić information content (AvgIpc) is 2.62. The number of nitrogens with one attached hydrogen (secondary N) is 1. The molecule has 2 fully saturated rings. The SMILES string of the molecule is Cc1cccc([C@H](C)NC(=O)N2CCN(C3CCCCC3)CC2)n1. The fourth-order valence-corrected chi connectivity index (χ4v) is 3.89. The summed E-state index contributed by atoms with van der Waals surface area (Å²) in [6, 6.07) is 6.66. The Morgan fingerprint density at radius 2 is 1.88 bits per heavy atom. The third-order valence-electron chi connectivity index (χ3n) is 5.39. The molecule has 2 heterocycles. The van der Waals surface area contributed by atoms with Gasteiger partial charge >= 0.3 is 6.03 Å². The predicted octanol–water partition coefficient (Wildman–Crippen LogP) is 3.11. The molecule has 132 valence electrons. The minimum atomic E-state index is -0.0613. The maximum absolute atomic E-state index is 12.5. The minimum absolute atomic E-state index is 0.0362. The number of nitrogens with zero attached hydrogens (tertiary/aromatic N) is 3. The number of aromatic nitrogens is 1. The van der Waals surface area contributed by atoms with Crippen LogP contribution in [-0.2, 0) is 0 Å². The number of aryl methyl sites for hydroxylation is 1. The molecular formula is C19H30N4O. The standard InChI is InChI=1S/C19H30N4O/c1-15-7-6-10-18(20-15)16(2)21-19(24)23-13-11-22(12-14-23)17-8-4-3-5-9-17/h6-7,10,16-17H,3-5,8-9,11-14H2,1-2H3,(H,21,24)/t16-/m0/s1. The van der Waals surface area contributed by atoms with E-state index >= 15 is 0 Å². The van der Waals surface area contributed by atoms with Gasteiger partial charge < -0.3 is 10.2 Å². The van der Waals surface area contributed by atoms with E-state index in [0.29, 0.717) is 0 Å². The quantitative estimate of drug-likeness (QED) is 0.926. The summed E-state index contributed by atoms with van der Waals surface area (Å²) < 4.78 is 0. The lowest BCUT2D eigenvalue weighted by atomic mass is 9.94. The maximum Gasteiger partial charge on any atom is 0.318 e. The second-order valence-corrected chi connectivity index (χ2v) is 7.19. The van der Waals surface area contributed by atoms with Gasteiger partial charge in [0.2, 0.25) is 0 Å². The number of rotatable bonds is 3. The molecule has 0 bridgehead atoms. The van der Waals surface area contributed by atoms with Crippen LogP contribution < -0.4 is 5.32 Å². The largest absolute Gasteiger partial charge is 0.330 e. The molecule has 5 heteroatoms. The lowest BCUT2D eigenvalue weighted by Crippen LogP contribution is -2.54. The molecule has 1 atom stereocenters. The van der Waals surface area contributed by atoms with Crippen LogP contribution in [0.25, 0.3) is 0 Å². The molecule has 24 heavy (non-hydrogen) atoms. The highest BCUT2D eigenvalue weighted by atomic mass is 16.2. The topological polar surface area (TPSA) is 48.5 Å². The van der Waals surface area contributed by atoms with E-state index in [2.05, 4.69) is 15.2 Å². The van der Waals surface area contributed by atoms with Gasteiger partial charge in [-0.15, -0.1) is 0 Å². The van der Waals surface area contributed by atoms with Crippen LogP contribution in [-0.4, -0.2) is 53.0 Å². The molecule has 0 aromatic carbocycles. The molecule has 1 saturated carbocycles. The first-order chi connectivity index (χ1) is 11.6. The van der Waals surface area contributed by atoms with Crippen LogP contribution in [0, 0.1) is 6.92 Å². The first kappa shape index (κ1) is 17.2. The summed E-state index contributed by atoms with van der Waals surface area (Å²) in [7, 11) is 0. The zero-order chi connectivity index (χ0) is 16.9. The summed E-state index contributed by atoms with van der Waals surface area (Å²) in [6.07, 6.45) is 6.80. The number of carbonyl (C=O) groups is 1. The van der Waals surface area contributed by atoms with Crippen molar-refractivity contribution in [2.45, 2.75) is 58.0 Å². The Morgan fingerprint density at radius 1 is 1.17 bits per heavy atom. The van der Waals surface area contributed by atoms with Crippen molar-refractivity contribution in [3.8, 4) is 0 Å². The first-order valence-electron chi connectivity index (χ1n) is 9.36. The molecule has 0 spiro atoms. The van der Waals surface area contributed by atoms with Crippen LogP contribution >= 0.6 is 0 Å². The predicted molar refractivity (Wildman–Crippen MR) is 95.9 cm³/mol. The molecule has 1 saturated heterocycles. The Hall–Kier alpha value is -1.62. The van der Waals surface area contributed by atoms with E-state index in [9.17, 15) is 4.79 Å². The second-order valence-electron chi connectivity index (χ2n) is 7.19. The molecule has 2 amide bonds. The number of urea groups is 1. The number of carbonyl (C=O) groups excluding carboxylic acids is 1. The van der Waals surface area contributed by atoms with Crippen molar-refractivity contribution in [1.29, 1.82) is 0 Å². The summed E-state index contributed by atoms with van der Waals surface area (Å²) in [5.74, 6) is 0. The van der Waals surface area contributed by atoms with E-state index in [1.807, 2.05) is 36.9 Å². The Morgan fingerprint density at radius 3 is 2.54 bits per heavy atom. The molecule has 3 rings (SSSR count). The van der Waals surface area contributed by atoms with E-state index in [0.717, 1.165) is 43.6 Å². The highest BCUT2D eigenvalue weighted by Crippen LogP contribution is 2.23. The van der Waals surface area contributed by atoms with Crippen molar-refractivity contribution in [2.24, 2.45) is 0 Å². The van der Waals surface area contributed by atoms with Gasteiger partial charge in [0.15, 0.2) is 0 Å². The average molecular weight is 330 g/mol. The molecule has 2 aliphatic rings. The summed E-state index contributed by atoms with van der Waals surface area (Å²) in [5.41, 5.74) is 1.90. The van der Waals surface area contributed by atoms with Crippen LogP contribution in [0.15, 0.2) is 18.2 Å². The fraction of sp³-hybridized carbons (Fsp3) is 0.684. The Bertz CT molecular complexity index is 548.